The summed E-state index contributed by atoms with van der Waals surface area (Å²) in [6, 6.07) is 0. The number of rotatable bonds is 1. The van der Waals surface area contributed by atoms with Crippen LogP contribution in [0.1, 0.15) is 52.7 Å². The molecule has 26 heavy (non-hydrogen) atoms. The van der Waals surface area contributed by atoms with Gasteiger partial charge in [0.1, 0.15) is 0 Å². The second-order valence-electron chi connectivity index (χ2n) is 5.80. The normalized spacial score (nSPS) is 9.46. The maximum Gasteiger partial charge on any atom is 0.167 e. The molecule has 0 heterocycles. The Kier molecular flexibility index (Phi) is 23.1. The summed E-state index contributed by atoms with van der Waals surface area (Å²) in [7, 11) is 0. The molecule has 0 amide bonds. The SMILES string of the molecule is CC(C)O.CC(C)O.CC(C)O.Cc1c(F)c(F)c(CO)c(F)c1F.[Zr]. The van der Waals surface area contributed by atoms with Crippen molar-refractivity contribution in [3.63, 3.8) is 0 Å². The van der Waals surface area contributed by atoms with E-state index in [9.17, 15) is 17.6 Å². The van der Waals surface area contributed by atoms with Crippen LogP contribution < -0.4 is 0 Å². The van der Waals surface area contributed by atoms with Crippen LogP contribution in [0.15, 0.2) is 0 Å². The molecule has 0 aromatic heterocycles. The quantitative estimate of drug-likeness (QED) is 0.379. The number of hydrogen-bond acceptors (Lipinski definition) is 4. The van der Waals surface area contributed by atoms with Gasteiger partial charge in [0.25, 0.3) is 0 Å². The van der Waals surface area contributed by atoms with E-state index in [2.05, 4.69) is 0 Å². The van der Waals surface area contributed by atoms with Crippen molar-refractivity contribution < 1.29 is 64.2 Å². The van der Waals surface area contributed by atoms with Gasteiger partial charge in [0.05, 0.1) is 12.2 Å². The molecular weight excluding hydrogens is 435 g/mol. The standard InChI is InChI=1S/C8H6F4O.3C3H8O.Zr/c1-3-5(9)7(11)4(2-13)8(12)6(3)10;3*1-3(2)4;/h13H,2H2,1H3;3*3-4H,1-2H3;. The van der Waals surface area contributed by atoms with E-state index in [1.807, 2.05) is 0 Å². The average molecular weight is 466 g/mol. The van der Waals surface area contributed by atoms with E-state index in [0.717, 1.165) is 6.92 Å². The zero-order valence-corrected chi connectivity index (χ0v) is 18.7. The molecule has 0 atom stereocenters. The fraction of sp³-hybridized carbons (Fsp3) is 0.647. The fourth-order valence-corrected chi connectivity index (χ4v) is 0.926. The fourth-order valence-electron chi connectivity index (χ4n) is 0.926. The first-order valence-electron chi connectivity index (χ1n) is 7.66. The molecule has 0 aliphatic carbocycles. The molecule has 0 saturated heterocycles. The molecule has 0 spiro atoms. The van der Waals surface area contributed by atoms with Crippen LogP contribution in [0.5, 0.6) is 0 Å². The van der Waals surface area contributed by atoms with Gasteiger partial charge in [-0.2, -0.15) is 0 Å². The second-order valence-corrected chi connectivity index (χ2v) is 5.80. The van der Waals surface area contributed by atoms with Crippen LogP contribution in [0.3, 0.4) is 0 Å². The van der Waals surface area contributed by atoms with Crippen molar-refractivity contribution in [2.75, 3.05) is 0 Å². The molecule has 0 aliphatic rings. The van der Waals surface area contributed by atoms with Gasteiger partial charge in [0, 0.05) is 50.1 Å². The third kappa shape index (κ3) is 18.5. The van der Waals surface area contributed by atoms with Gasteiger partial charge in [-0.25, -0.2) is 17.6 Å². The van der Waals surface area contributed by atoms with Gasteiger partial charge in [-0.15, -0.1) is 0 Å². The largest absolute Gasteiger partial charge is 0.394 e. The van der Waals surface area contributed by atoms with Crippen LogP contribution in [0.4, 0.5) is 17.6 Å². The van der Waals surface area contributed by atoms with Crippen LogP contribution in [0, 0.1) is 30.2 Å². The number of hydrogen-bond donors (Lipinski definition) is 4. The van der Waals surface area contributed by atoms with E-state index < -0.39 is 41.0 Å². The Hall–Kier alpha value is -0.337. The van der Waals surface area contributed by atoms with Crippen LogP contribution in [0.2, 0.25) is 0 Å². The first-order chi connectivity index (χ1) is 11.2. The van der Waals surface area contributed by atoms with Gasteiger partial charge in [-0.05, 0) is 48.5 Å². The van der Waals surface area contributed by atoms with Gasteiger partial charge in [-0.3, -0.25) is 0 Å². The molecular formula is C17H30F4O4Zr. The molecule has 0 fully saturated rings. The molecule has 0 aliphatic heterocycles. The summed E-state index contributed by atoms with van der Waals surface area (Å²) in [5, 5.41) is 32.6. The van der Waals surface area contributed by atoms with Gasteiger partial charge in [0.15, 0.2) is 23.3 Å². The minimum absolute atomic E-state index is 0. The molecule has 1 aromatic carbocycles. The molecule has 0 bridgehead atoms. The Labute approximate surface area is 172 Å². The molecule has 1 aromatic rings. The second kappa shape index (κ2) is 18.0. The van der Waals surface area contributed by atoms with Crippen molar-refractivity contribution in [2.24, 2.45) is 0 Å². The van der Waals surface area contributed by atoms with Crippen LogP contribution in [0.25, 0.3) is 0 Å². The third-order valence-corrected chi connectivity index (χ3v) is 1.73. The monoisotopic (exact) mass is 464 g/mol. The Balaban J connectivity index is -0.000000155. The summed E-state index contributed by atoms with van der Waals surface area (Å²) in [4.78, 5) is 0. The van der Waals surface area contributed by atoms with Gasteiger partial charge in [-0.1, -0.05) is 0 Å². The van der Waals surface area contributed by atoms with Crippen molar-refractivity contribution in [2.45, 2.75) is 73.4 Å². The van der Waals surface area contributed by atoms with E-state index in [1.54, 1.807) is 41.5 Å². The molecule has 0 unspecified atom stereocenters. The van der Waals surface area contributed by atoms with Gasteiger partial charge in [0.2, 0.25) is 0 Å². The minimum Gasteiger partial charge on any atom is -0.394 e. The Morgan fingerprint density at radius 2 is 0.846 bits per heavy atom. The maximum absolute atomic E-state index is 12.8. The minimum atomic E-state index is -1.54. The Morgan fingerprint density at radius 1 is 0.654 bits per heavy atom. The summed E-state index contributed by atoms with van der Waals surface area (Å²) >= 11 is 0. The number of aliphatic hydroxyl groups excluding tert-OH is 4. The molecule has 9 heteroatoms. The van der Waals surface area contributed by atoms with Crippen molar-refractivity contribution in [3.05, 3.63) is 34.4 Å². The summed E-state index contributed by atoms with van der Waals surface area (Å²) < 4.78 is 51.0. The number of halogens is 4. The summed E-state index contributed by atoms with van der Waals surface area (Å²) in [5.74, 6) is -6.02. The van der Waals surface area contributed by atoms with E-state index in [-0.39, 0.29) is 44.5 Å². The topological polar surface area (TPSA) is 80.9 Å². The third-order valence-electron chi connectivity index (χ3n) is 1.73. The van der Waals surface area contributed by atoms with Gasteiger partial charge >= 0.3 is 0 Å². The predicted octanol–water partition coefficient (Wildman–Crippen LogP) is 3.20. The molecule has 154 valence electrons. The summed E-state index contributed by atoms with van der Waals surface area (Å²) in [6.07, 6.45) is -0.500. The molecule has 4 N–H and O–H groups in total. The van der Waals surface area contributed by atoms with E-state index in [1.165, 1.54) is 0 Å². The van der Waals surface area contributed by atoms with Crippen LogP contribution in [-0.2, 0) is 32.8 Å². The Morgan fingerprint density at radius 3 is 1.00 bits per heavy atom. The molecule has 0 radical (unpaired) electrons. The summed E-state index contributed by atoms with van der Waals surface area (Å²) in [6.45, 7) is 10.2. The number of benzene rings is 1. The zero-order chi connectivity index (χ0) is 20.9. The van der Waals surface area contributed by atoms with Crippen LogP contribution >= 0.6 is 0 Å². The van der Waals surface area contributed by atoms with Crippen molar-refractivity contribution in [3.8, 4) is 0 Å². The number of aliphatic hydroxyl groups is 4. The molecule has 1 rings (SSSR count). The van der Waals surface area contributed by atoms with Gasteiger partial charge < -0.3 is 20.4 Å². The summed E-state index contributed by atoms with van der Waals surface area (Å²) in [5.41, 5.74) is -1.72. The smallest absolute Gasteiger partial charge is 0.167 e. The van der Waals surface area contributed by atoms with E-state index in [4.69, 9.17) is 20.4 Å². The van der Waals surface area contributed by atoms with Crippen molar-refractivity contribution >= 4 is 0 Å². The van der Waals surface area contributed by atoms with E-state index in [0.29, 0.717) is 0 Å². The zero-order valence-electron chi connectivity index (χ0n) is 16.2. The Bertz CT molecular complexity index is 433. The molecule has 0 saturated carbocycles. The molecule has 4 nitrogen and oxygen atoms in total. The maximum atomic E-state index is 12.8. The van der Waals surface area contributed by atoms with E-state index >= 15 is 0 Å². The van der Waals surface area contributed by atoms with Crippen molar-refractivity contribution in [1.82, 2.24) is 0 Å². The first kappa shape index (κ1) is 33.3. The van der Waals surface area contributed by atoms with Crippen molar-refractivity contribution in [1.29, 1.82) is 0 Å². The van der Waals surface area contributed by atoms with Crippen LogP contribution in [-0.4, -0.2) is 38.7 Å². The average Bonchev–Trinajstić information content (AvgIpc) is 2.42. The first-order valence-corrected chi connectivity index (χ1v) is 7.66. The predicted molar refractivity (Wildman–Crippen MR) is 89.0 cm³/mol.